The van der Waals surface area contributed by atoms with Gasteiger partial charge in [0.2, 0.25) is 0 Å². The fourth-order valence-electron chi connectivity index (χ4n) is 1.94. The number of piperidine rings is 1. The van der Waals surface area contributed by atoms with Gasteiger partial charge in [-0.25, -0.2) is 9.78 Å². The van der Waals surface area contributed by atoms with Gasteiger partial charge in [-0.15, -0.1) is 0 Å². The summed E-state index contributed by atoms with van der Waals surface area (Å²) in [5.41, 5.74) is 6.00. The first-order valence-electron chi connectivity index (χ1n) is 5.48. The molecule has 0 aromatic carbocycles. The van der Waals surface area contributed by atoms with Gasteiger partial charge >= 0.3 is 5.97 Å². The zero-order valence-electron chi connectivity index (χ0n) is 9.27. The minimum Gasteiger partial charge on any atom is -0.478 e. The molecule has 2 heterocycles. The van der Waals surface area contributed by atoms with Gasteiger partial charge < -0.3 is 15.7 Å². The summed E-state index contributed by atoms with van der Waals surface area (Å²) in [7, 11) is 0. The number of halogens is 1. The van der Waals surface area contributed by atoms with Crippen LogP contribution in [0.3, 0.4) is 0 Å². The van der Waals surface area contributed by atoms with Gasteiger partial charge in [-0.2, -0.15) is 0 Å². The van der Waals surface area contributed by atoms with Crippen LogP contribution in [0.5, 0.6) is 0 Å². The predicted molar refractivity (Wildman–Crippen MR) is 65.6 cm³/mol. The third-order valence-corrected chi connectivity index (χ3v) is 3.12. The quantitative estimate of drug-likeness (QED) is 0.780. The van der Waals surface area contributed by atoms with Crippen LogP contribution in [-0.2, 0) is 0 Å². The predicted octanol–water partition coefficient (Wildman–Crippen LogP) is 1.36. The molecule has 0 atom stereocenters. The average molecular weight is 256 g/mol. The number of carboxylic acids is 1. The van der Waals surface area contributed by atoms with E-state index in [-0.39, 0.29) is 11.6 Å². The van der Waals surface area contributed by atoms with Crippen LogP contribution < -0.4 is 10.6 Å². The molecule has 5 nitrogen and oxygen atoms in total. The number of carboxylic acid groups (broad SMARTS) is 1. The Bertz CT molecular complexity index is 431. The van der Waals surface area contributed by atoms with E-state index in [4.69, 9.17) is 22.4 Å². The van der Waals surface area contributed by atoms with E-state index in [1.54, 1.807) is 0 Å². The Balaban J connectivity index is 2.30. The van der Waals surface area contributed by atoms with Crippen molar-refractivity contribution in [2.24, 2.45) is 5.73 Å². The molecule has 6 heteroatoms. The summed E-state index contributed by atoms with van der Waals surface area (Å²) in [5, 5.41) is 9.41. The van der Waals surface area contributed by atoms with E-state index in [0.717, 1.165) is 25.9 Å². The molecular weight excluding hydrogens is 242 g/mol. The van der Waals surface area contributed by atoms with Crippen LogP contribution in [0.1, 0.15) is 23.2 Å². The highest BCUT2D eigenvalue weighted by molar-refractivity contribution is 6.29. The molecular formula is C11H14ClN3O2. The molecule has 0 radical (unpaired) electrons. The standard InChI is InChI=1S/C11H14ClN3O2/c12-9-2-1-8(11(16)17)10(14-9)15-5-3-7(13)4-6-15/h1-2,7H,3-6,13H2,(H,16,17). The second kappa shape index (κ2) is 4.89. The molecule has 1 aliphatic heterocycles. The fourth-order valence-corrected chi connectivity index (χ4v) is 2.09. The summed E-state index contributed by atoms with van der Waals surface area (Å²) in [4.78, 5) is 17.1. The molecule has 0 spiro atoms. The Hall–Kier alpha value is -1.33. The first-order chi connectivity index (χ1) is 8.08. The van der Waals surface area contributed by atoms with Crippen LogP contribution in [-0.4, -0.2) is 35.2 Å². The van der Waals surface area contributed by atoms with Crippen molar-refractivity contribution < 1.29 is 9.90 Å². The number of nitrogens with two attached hydrogens (primary N) is 1. The number of nitrogens with zero attached hydrogens (tertiary/aromatic N) is 2. The molecule has 92 valence electrons. The maximum Gasteiger partial charge on any atom is 0.339 e. The second-order valence-electron chi connectivity index (χ2n) is 4.13. The van der Waals surface area contributed by atoms with E-state index in [1.807, 2.05) is 4.90 Å². The Morgan fingerprint density at radius 1 is 1.47 bits per heavy atom. The van der Waals surface area contributed by atoms with Crippen LogP contribution in [0.2, 0.25) is 5.15 Å². The molecule has 0 saturated carbocycles. The van der Waals surface area contributed by atoms with Gasteiger partial charge in [0.15, 0.2) is 0 Å². The molecule has 1 aromatic rings. The van der Waals surface area contributed by atoms with Crippen LogP contribution >= 0.6 is 11.6 Å². The Labute approximate surface area is 104 Å². The van der Waals surface area contributed by atoms with E-state index in [0.29, 0.717) is 11.0 Å². The summed E-state index contributed by atoms with van der Waals surface area (Å²) >= 11 is 5.81. The highest BCUT2D eigenvalue weighted by atomic mass is 35.5. The number of hydrogen-bond donors (Lipinski definition) is 2. The monoisotopic (exact) mass is 255 g/mol. The lowest BCUT2D eigenvalue weighted by Gasteiger charge is -2.31. The van der Waals surface area contributed by atoms with Crippen molar-refractivity contribution >= 4 is 23.4 Å². The lowest BCUT2D eigenvalue weighted by Crippen LogP contribution is -2.40. The second-order valence-corrected chi connectivity index (χ2v) is 4.52. The van der Waals surface area contributed by atoms with E-state index < -0.39 is 5.97 Å². The van der Waals surface area contributed by atoms with Crippen molar-refractivity contribution in [3.05, 3.63) is 22.8 Å². The Morgan fingerprint density at radius 3 is 2.71 bits per heavy atom. The molecule has 1 aliphatic rings. The summed E-state index contributed by atoms with van der Waals surface area (Å²) in [6.45, 7) is 1.43. The zero-order valence-corrected chi connectivity index (χ0v) is 10.0. The van der Waals surface area contributed by atoms with Gasteiger partial charge in [0, 0.05) is 19.1 Å². The van der Waals surface area contributed by atoms with E-state index in [1.165, 1.54) is 12.1 Å². The van der Waals surface area contributed by atoms with Gasteiger partial charge in [-0.05, 0) is 25.0 Å². The molecule has 0 bridgehead atoms. The molecule has 3 N–H and O–H groups in total. The van der Waals surface area contributed by atoms with E-state index in [2.05, 4.69) is 4.98 Å². The van der Waals surface area contributed by atoms with Crippen LogP contribution in [0.15, 0.2) is 12.1 Å². The number of rotatable bonds is 2. The number of hydrogen-bond acceptors (Lipinski definition) is 4. The Morgan fingerprint density at radius 2 is 2.12 bits per heavy atom. The van der Waals surface area contributed by atoms with Crippen molar-refractivity contribution in [2.75, 3.05) is 18.0 Å². The number of carbonyl (C=O) groups is 1. The van der Waals surface area contributed by atoms with Gasteiger partial charge in [0.05, 0.1) is 0 Å². The molecule has 0 aliphatic carbocycles. The van der Waals surface area contributed by atoms with E-state index >= 15 is 0 Å². The third kappa shape index (κ3) is 2.68. The lowest BCUT2D eigenvalue weighted by molar-refractivity contribution is 0.0697. The molecule has 0 unspecified atom stereocenters. The van der Waals surface area contributed by atoms with Gasteiger partial charge in [-0.1, -0.05) is 11.6 Å². The smallest absolute Gasteiger partial charge is 0.339 e. The van der Waals surface area contributed by atoms with E-state index in [9.17, 15) is 4.79 Å². The minimum absolute atomic E-state index is 0.185. The fraction of sp³-hybridized carbons (Fsp3) is 0.455. The van der Waals surface area contributed by atoms with Crippen molar-refractivity contribution in [1.82, 2.24) is 4.98 Å². The van der Waals surface area contributed by atoms with Crippen molar-refractivity contribution in [3.8, 4) is 0 Å². The van der Waals surface area contributed by atoms with Crippen LogP contribution in [0.4, 0.5) is 5.82 Å². The highest BCUT2D eigenvalue weighted by Gasteiger charge is 2.22. The number of aromatic nitrogens is 1. The van der Waals surface area contributed by atoms with Crippen LogP contribution in [0, 0.1) is 0 Å². The molecule has 1 aromatic heterocycles. The van der Waals surface area contributed by atoms with Crippen molar-refractivity contribution in [2.45, 2.75) is 18.9 Å². The molecule has 1 saturated heterocycles. The minimum atomic E-state index is -0.987. The maximum absolute atomic E-state index is 11.1. The van der Waals surface area contributed by atoms with Crippen molar-refractivity contribution in [1.29, 1.82) is 0 Å². The topological polar surface area (TPSA) is 79.5 Å². The SMILES string of the molecule is NC1CCN(c2nc(Cl)ccc2C(=O)O)CC1. The summed E-state index contributed by atoms with van der Waals surface area (Å²) in [6, 6.07) is 3.17. The zero-order chi connectivity index (χ0) is 12.4. The number of aromatic carboxylic acids is 1. The Kier molecular flexibility index (Phi) is 3.49. The average Bonchev–Trinajstić information content (AvgIpc) is 2.29. The van der Waals surface area contributed by atoms with Crippen molar-refractivity contribution in [3.63, 3.8) is 0 Å². The van der Waals surface area contributed by atoms with Gasteiger partial charge in [-0.3, -0.25) is 0 Å². The highest BCUT2D eigenvalue weighted by Crippen LogP contribution is 2.23. The molecule has 2 rings (SSSR count). The molecule has 0 amide bonds. The summed E-state index contributed by atoms with van der Waals surface area (Å²) in [6.07, 6.45) is 1.68. The van der Waals surface area contributed by atoms with Crippen LogP contribution in [0.25, 0.3) is 0 Å². The molecule has 1 fully saturated rings. The number of anilines is 1. The lowest BCUT2D eigenvalue weighted by atomic mass is 10.1. The summed E-state index contributed by atoms with van der Waals surface area (Å²) < 4.78 is 0. The normalized spacial score (nSPS) is 17.2. The largest absolute Gasteiger partial charge is 0.478 e. The third-order valence-electron chi connectivity index (χ3n) is 2.91. The van der Waals surface area contributed by atoms with Gasteiger partial charge in [0.25, 0.3) is 0 Å². The number of pyridine rings is 1. The maximum atomic E-state index is 11.1. The summed E-state index contributed by atoms with van der Waals surface area (Å²) in [5.74, 6) is -0.545. The molecule has 17 heavy (non-hydrogen) atoms. The first-order valence-corrected chi connectivity index (χ1v) is 5.86. The first kappa shape index (κ1) is 12.1. The van der Waals surface area contributed by atoms with Gasteiger partial charge in [0.1, 0.15) is 16.5 Å².